The third-order valence-corrected chi connectivity index (χ3v) is 1.52. The van der Waals surface area contributed by atoms with E-state index in [1.165, 1.54) is 0 Å². The summed E-state index contributed by atoms with van der Waals surface area (Å²) in [6.07, 6.45) is 0.993. The minimum absolute atomic E-state index is 0.103. The third kappa shape index (κ3) is 3.14. The first-order chi connectivity index (χ1) is 6.59. The van der Waals surface area contributed by atoms with Gasteiger partial charge in [0.05, 0.1) is 6.20 Å². The van der Waals surface area contributed by atoms with E-state index in [1.54, 1.807) is 0 Å². The summed E-state index contributed by atoms with van der Waals surface area (Å²) in [6.45, 7) is 1.18. The minimum Gasteiger partial charge on any atom is -0.462 e. The fourth-order valence-electron chi connectivity index (χ4n) is 0.752. The number of nitrogens with zero attached hydrogens (tertiary/aromatic N) is 3. The van der Waals surface area contributed by atoms with E-state index in [0.717, 1.165) is 12.7 Å². The van der Waals surface area contributed by atoms with Gasteiger partial charge in [-0.3, -0.25) is 0 Å². The highest BCUT2D eigenvalue weighted by atomic mass is 19.1. The molecule has 1 aromatic rings. The average Bonchev–Trinajstić information content (AvgIpc) is 2.10. The van der Waals surface area contributed by atoms with Crippen LogP contribution in [0, 0.1) is 5.82 Å². The van der Waals surface area contributed by atoms with Gasteiger partial charge in [0.15, 0.2) is 11.6 Å². The Morgan fingerprint density at radius 3 is 2.86 bits per heavy atom. The molecule has 0 aromatic carbocycles. The SMILES string of the molecule is CN(C)CCOc1ncc(F)c(N)n1. The molecule has 14 heavy (non-hydrogen) atoms. The zero-order valence-corrected chi connectivity index (χ0v) is 8.20. The second-order valence-corrected chi connectivity index (χ2v) is 3.04. The first kappa shape index (κ1) is 10.6. The van der Waals surface area contributed by atoms with Crippen LogP contribution in [-0.2, 0) is 0 Å². The standard InChI is InChI=1S/C8H13FN4O/c1-13(2)3-4-14-8-11-5-6(9)7(10)12-8/h5H,3-4H2,1-2H3,(H2,10,11,12). The van der Waals surface area contributed by atoms with Crippen LogP contribution < -0.4 is 10.5 Å². The Morgan fingerprint density at radius 2 is 2.29 bits per heavy atom. The topological polar surface area (TPSA) is 64.3 Å². The van der Waals surface area contributed by atoms with Gasteiger partial charge in [-0.2, -0.15) is 4.98 Å². The number of anilines is 1. The molecule has 0 saturated carbocycles. The maximum absolute atomic E-state index is 12.6. The molecular formula is C8H13FN4O. The van der Waals surface area contributed by atoms with Crippen molar-refractivity contribution in [3.63, 3.8) is 0 Å². The van der Waals surface area contributed by atoms with Gasteiger partial charge in [-0.05, 0) is 14.1 Å². The van der Waals surface area contributed by atoms with Gasteiger partial charge in [-0.1, -0.05) is 0 Å². The number of hydrogen-bond acceptors (Lipinski definition) is 5. The number of hydrogen-bond donors (Lipinski definition) is 1. The molecule has 0 aliphatic carbocycles. The maximum Gasteiger partial charge on any atom is 0.318 e. The molecule has 5 nitrogen and oxygen atoms in total. The van der Waals surface area contributed by atoms with Gasteiger partial charge in [-0.25, -0.2) is 9.37 Å². The molecule has 0 unspecified atom stereocenters. The second-order valence-electron chi connectivity index (χ2n) is 3.04. The normalized spacial score (nSPS) is 10.6. The molecule has 0 saturated heterocycles. The minimum atomic E-state index is -0.634. The number of likely N-dealkylation sites (N-methyl/N-ethyl adjacent to an activating group) is 1. The van der Waals surface area contributed by atoms with Crippen LogP contribution in [-0.4, -0.2) is 42.1 Å². The van der Waals surface area contributed by atoms with Gasteiger partial charge >= 0.3 is 6.01 Å². The Bertz CT molecular complexity index is 305. The monoisotopic (exact) mass is 200 g/mol. The van der Waals surface area contributed by atoms with Crippen molar-refractivity contribution in [1.82, 2.24) is 14.9 Å². The third-order valence-electron chi connectivity index (χ3n) is 1.52. The Labute approximate surface area is 81.7 Å². The summed E-state index contributed by atoms with van der Waals surface area (Å²) in [7, 11) is 3.84. The molecule has 6 heteroatoms. The molecule has 0 spiro atoms. The Hall–Kier alpha value is -1.43. The highest BCUT2D eigenvalue weighted by molar-refractivity contribution is 5.28. The summed E-state index contributed by atoms with van der Waals surface area (Å²) in [5, 5.41) is 0. The summed E-state index contributed by atoms with van der Waals surface area (Å²) in [6, 6.07) is 0.103. The van der Waals surface area contributed by atoms with Gasteiger partial charge in [0.25, 0.3) is 0 Å². The summed E-state index contributed by atoms with van der Waals surface area (Å²) >= 11 is 0. The molecule has 0 bridgehead atoms. The highest BCUT2D eigenvalue weighted by Gasteiger charge is 2.03. The molecule has 0 radical (unpaired) electrons. The van der Waals surface area contributed by atoms with E-state index in [4.69, 9.17) is 10.5 Å². The first-order valence-electron chi connectivity index (χ1n) is 4.15. The van der Waals surface area contributed by atoms with E-state index in [-0.39, 0.29) is 11.8 Å². The lowest BCUT2D eigenvalue weighted by Crippen LogP contribution is -2.20. The largest absolute Gasteiger partial charge is 0.462 e. The molecule has 1 rings (SSSR count). The molecule has 78 valence electrons. The van der Waals surface area contributed by atoms with E-state index in [9.17, 15) is 4.39 Å². The van der Waals surface area contributed by atoms with E-state index in [0.29, 0.717) is 6.61 Å². The van der Waals surface area contributed by atoms with Crippen LogP contribution >= 0.6 is 0 Å². The number of halogens is 1. The van der Waals surface area contributed by atoms with Gasteiger partial charge in [0.1, 0.15) is 6.61 Å². The average molecular weight is 200 g/mol. The summed E-state index contributed by atoms with van der Waals surface area (Å²) in [5.41, 5.74) is 5.24. The second kappa shape index (κ2) is 4.71. The van der Waals surface area contributed by atoms with Crippen molar-refractivity contribution in [1.29, 1.82) is 0 Å². The van der Waals surface area contributed by atoms with Crippen molar-refractivity contribution in [2.24, 2.45) is 0 Å². The van der Waals surface area contributed by atoms with Crippen LogP contribution in [0.4, 0.5) is 10.2 Å². The van der Waals surface area contributed by atoms with Crippen LogP contribution in [0.25, 0.3) is 0 Å². The van der Waals surface area contributed by atoms with E-state index in [1.807, 2.05) is 19.0 Å². The number of nitrogen functional groups attached to an aromatic ring is 1. The van der Waals surface area contributed by atoms with Crippen LogP contribution in [0.5, 0.6) is 6.01 Å². The predicted octanol–water partition coefficient (Wildman–Crippen LogP) is 0.138. The number of rotatable bonds is 4. The van der Waals surface area contributed by atoms with E-state index >= 15 is 0 Å². The van der Waals surface area contributed by atoms with E-state index < -0.39 is 5.82 Å². The Morgan fingerprint density at radius 1 is 1.57 bits per heavy atom. The number of ether oxygens (including phenoxy) is 1. The quantitative estimate of drug-likeness (QED) is 0.748. The fourth-order valence-corrected chi connectivity index (χ4v) is 0.752. The van der Waals surface area contributed by atoms with Gasteiger partial charge < -0.3 is 15.4 Å². The lowest BCUT2D eigenvalue weighted by molar-refractivity contribution is 0.245. The molecule has 1 aromatic heterocycles. The molecule has 1 heterocycles. The maximum atomic E-state index is 12.6. The molecule has 0 fully saturated rings. The molecule has 0 aliphatic rings. The van der Waals surface area contributed by atoms with Crippen LogP contribution in [0.15, 0.2) is 6.20 Å². The predicted molar refractivity (Wildman–Crippen MR) is 50.5 cm³/mol. The highest BCUT2D eigenvalue weighted by Crippen LogP contribution is 2.08. The summed E-state index contributed by atoms with van der Waals surface area (Å²) in [5.74, 6) is -0.829. The zero-order chi connectivity index (χ0) is 10.6. The molecular weight excluding hydrogens is 187 g/mol. The van der Waals surface area contributed by atoms with Gasteiger partial charge in [-0.15, -0.1) is 0 Å². The molecule has 0 amide bonds. The van der Waals surface area contributed by atoms with Crippen LogP contribution in [0.1, 0.15) is 0 Å². The molecule has 0 aliphatic heterocycles. The fraction of sp³-hybridized carbons (Fsp3) is 0.500. The lowest BCUT2D eigenvalue weighted by atomic mass is 10.6. The van der Waals surface area contributed by atoms with E-state index in [2.05, 4.69) is 9.97 Å². The Balaban J connectivity index is 2.47. The van der Waals surface area contributed by atoms with Crippen molar-refractivity contribution in [2.45, 2.75) is 0 Å². The van der Waals surface area contributed by atoms with Crippen molar-refractivity contribution < 1.29 is 9.13 Å². The van der Waals surface area contributed by atoms with Crippen LogP contribution in [0.3, 0.4) is 0 Å². The first-order valence-corrected chi connectivity index (χ1v) is 4.15. The lowest BCUT2D eigenvalue weighted by Gasteiger charge is -2.09. The zero-order valence-electron chi connectivity index (χ0n) is 8.20. The van der Waals surface area contributed by atoms with Crippen molar-refractivity contribution in [3.05, 3.63) is 12.0 Å². The summed E-state index contributed by atoms with van der Waals surface area (Å²) < 4.78 is 17.8. The van der Waals surface area contributed by atoms with Gasteiger partial charge in [0.2, 0.25) is 0 Å². The van der Waals surface area contributed by atoms with Crippen LogP contribution in [0.2, 0.25) is 0 Å². The van der Waals surface area contributed by atoms with Crippen molar-refractivity contribution in [2.75, 3.05) is 33.0 Å². The summed E-state index contributed by atoms with van der Waals surface area (Å²) in [4.78, 5) is 9.20. The Kier molecular flexibility index (Phi) is 3.58. The number of nitrogens with two attached hydrogens (primary N) is 1. The smallest absolute Gasteiger partial charge is 0.318 e. The van der Waals surface area contributed by atoms with Crippen molar-refractivity contribution in [3.8, 4) is 6.01 Å². The van der Waals surface area contributed by atoms with Gasteiger partial charge in [0, 0.05) is 6.54 Å². The molecule has 0 atom stereocenters. The molecule has 2 N–H and O–H groups in total. The van der Waals surface area contributed by atoms with Crippen molar-refractivity contribution >= 4 is 5.82 Å². The number of aromatic nitrogens is 2.